The van der Waals surface area contributed by atoms with Crippen molar-refractivity contribution < 1.29 is 9.59 Å². The third-order valence-electron chi connectivity index (χ3n) is 4.47. The molecule has 0 unspecified atom stereocenters. The van der Waals surface area contributed by atoms with Gasteiger partial charge in [0.15, 0.2) is 0 Å². The normalized spacial score (nSPS) is 11.4. The molecule has 128 valence electrons. The van der Waals surface area contributed by atoms with E-state index in [-0.39, 0.29) is 5.91 Å². The molecule has 0 radical (unpaired) electrons. The molecule has 0 saturated carbocycles. The molecule has 0 bridgehead atoms. The van der Waals surface area contributed by atoms with Crippen molar-refractivity contribution in [2.75, 3.05) is 10.6 Å². The molecule has 0 fully saturated rings. The topological polar surface area (TPSA) is 84.2 Å². The molecular formula is C21H17N3O2. The second-order valence-electron chi connectivity index (χ2n) is 6.23. The number of amides is 3. The molecule has 4 rings (SSSR count). The molecular weight excluding hydrogens is 326 g/mol. The number of urea groups is 1. The van der Waals surface area contributed by atoms with Crippen LogP contribution in [0.25, 0.3) is 11.1 Å². The fourth-order valence-corrected chi connectivity index (χ4v) is 3.25. The third kappa shape index (κ3) is 3.02. The molecule has 0 aromatic heterocycles. The lowest BCUT2D eigenvalue weighted by Gasteiger charge is -2.09. The Morgan fingerprint density at radius 1 is 0.769 bits per heavy atom. The van der Waals surface area contributed by atoms with Crippen LogP contribution in [0, 0.1) is 0 Å². The second-order valence-corrected chi connectivity index (χ2v) is 6.23. The highest BCUT2D eigenvalue weighted by Crippen LogP contribution is 2.37. The molecule has 3 aromatic carbocycles. The Labute approximate surface area is 150 Å². The molecule has 0 spiro atoms. The fraction of sp³-hybridized carbons (Fsp3) is 0.0476. The van der Waals surface area contributed by atoms with Gasteiger partial charge < -0.3 is 16.4 Å². The van der Waals surface area contributed by atoms with E-state index in [0.29, 0.717) is 11.3 Å². The summed E-state index contributed by atoms with van der Waals surface area (Å²) < 4.78 is 0. The van der Waals surface area contributed by atoms with Crippen LogP contribution in [-0.2, 0) is 6.42 Å². The molecule has 26 heavy (non-hydrogen) atoms. The molecule has 0 aliphatic heterocycles. The summed E-state index contributed by atoms with van der Waals surface area (Å²) in [5, 5.41) is 5.39. The van der Waals surface area contributed by atoms with Crippen molar-refractivity contribution in [2.24, 2.45) is 5.73 Å². The maximum absolute atomic E-state index is 12.5. The summed E-state index contributed by atoms with van der Waals surface area (Å²) in [6.45, 7) is 0. The van der Waals surface area contributed by atoms with Crippen LogP contribution in [-0.4, -0.2) is 11.9 Å². The van der Waals surface area contributed by atoms with Gasteiger partial charge >= 0.3 is 6.03 Å². The average molecular weight is 343 g/mol. The summed E-state index contributed by atoms with van der Waals surface area (Å²) >= 11 is 0. The summed E-state index contributed by atoms with van der Waals surface area (Å²) in [6, 6.07) is 20.2. The number of carbonyl (C=O) groups excluding carboxylic acids is 2. The molecule has 1 aliphatic carbocycles. The first kappa shape index (κ1) is 15.9. The van der Waals surface area contributed by atoms with E-state index in [2.05, 4.69) is 28.8 Å². The van der Waals surface area contributed by atoms with Gasteiger partial charge in [0.05, 0.1) is 0 Å². The Morgan fingerprint density at radius 3 is 2.23 bits per heavy atom. The van der Waals surface area contributed by atoms with Crippen molar-refractivity contribution in [2.45, 2.75) is 6.42 Å². The quantitative estimate of drug-likeness (QED) is 0.525. The zero-order chi connectivity index (χ0) is 18.1. The van der Waals surface area contributed by atoms with E-state index >= 15 is 0 Å². The zero-order valence-corrected chi connectivity index (χ0v) is 14.0. The molecule has 4 N–H and O–H groups in total. The van der Waals surface area contributed by atoms with Gasteiger partial charge in [-0.3, -0.25) is 4.79 Å². The maximum Gasteiger partial charge on any atom is 0.316 e. The minimum Gasteiger partial charge on any atom is -0.351 e. The van der Waals surface area contributed by atoms with E-state index in [1.165, 1.54) is 22.3 Å². The maximum atomic E-state index is 12.5. The molecule has 5 heteroatoms. The lowest BCUT2D eigenvalue weighted by molar-refractivity contribution is 0.102. The average Bonchev–Trinajstić information content (AvgIpc) is 3.00. The first-order valence-corrected chi connectivity index (χ1v) is 8.29. The van der Waals surface area contributed by atoms with Crippen LogP contribution < -0.4 is 16.4 Å². The largest absolute Gasteiger partial charge is 0.351 e. The highest BCUT2D eigenvalue weighted by Gasteiger charge is 2.18. The Bertz CT molecular complexity index is 1010. The van der Waals surface area contributed by atoms with Crippen molar-refractivity contribution in [1.82, 2.24) is 0 Å². The number of nitrogens with two attached hydrogens (primary N) is 1. The van der Waals surface area contributed by atoms with Crippen molar-refractivity contribution in [3.05, 3.63) is 83.4 Å². The molecule has 1 aliphatic rings. The van der Waals surface area contributed by atoms with Crippen molar-refractivity contribution in [1.29, 1.82) is 0 Å². The predicted octanol–water partition coefficient (Wildman–Crippen LogP) is 4.00. The smallest absolute Gasteiger partial charge is 0.316 e. The molecule has 0 saturated heterocycles. The molecule has 0 atom stereocenters. The number of carbonyl (C=O) groups is 2. The summed E-state index contributed by atoms with van der Waals surface area (Å²) in [5.41, 5.74) is 11.8. The number of hydrogen-bond acceptors (Lipinski definition) is 2. The fourth-order valence-electron chi connectivity index (χ4n) is 3.25. The number of anilines is 2. The first-order valence-electron chi connectivity index (χ1n) is 8.29. The van der Waals surface area contributed by atoms with E-state index in [1.807, 2.05) is 24.3 Å². The molecule has 3 aromatic rings. The van der Waals surface area contributed by atoms with Crippen LogP contribution in [0.4, 0.5) is 16.2 Å². The van der Waals surface area contributed by atoms with Gasteiger partial charge in [-0.25, -0.2) is 4.79 Å². The van der Waals surface area contributed by atoms with Gasteiger partial charge in [-0.15, -0.1) is 0 Å². The van der Waals surface area contributed by atoms with E-state index in [1.54, 1.807) is 24.3 Å². The number of rotatable bonds is 3. The van der Waals surface area contributed by atoms with Crippen LogP contribution in [0.15, 0.2) is 66.7 Å². The highest BCUT2D eigenvalue weighted by atomic mass is 16.2. The number of nitrogens with one attached hydrogen (secondary N) is 2. The standard InChI is InChI=1S/C21H17N3O2/c22-21(26)24-16-8-5-13(6-9-16)20(25)23-17-10-7-15-11-14-3-1-2-4-18(14)19(15)12-17/h1-10,12H,11H2,(H,23,25)(H3,22,24,26). The van der Waals surface area contributed by atoms with Gasteiger partial charge in [0.1, 0.15) is 0 Å². The monoisotopic (exact) mass is 343 g/mol. The summed E-state index contributed by atoms with van der Waals surface area (Å²) in [4.78, 5) is 23.3. The van der Waals surface area contributed by atoms with Crippen LogP contribution in [0.5, 0.6) is 0 Å². The lowest BCUT2D eigenvalue weighted by Crippen LogP contribution is -2.19. The van der Waals surface area contributed by atoms with Crippen LogP contribution in [0.3, 0.4) is 0 Å². The van der Waals surface area contributed by atoms with Crippen molar-refractivity contribution in [3.63, 3.8) is 0 Å². The Balaban J connectivity index is 1.53. The second kappa shape index (κ2) is 6.37. The predicted molar refractivity (Wildman–Crippen MR) is 102 cm³/mol. The number of benzene rings is 3. The van der Waals surface area contributed by atoms with Crippen molar-refractivity contribution in [3.8, 4) is 11.1 Å². The van der Waals surface area contributed by atoms with Gasteiger partial charge in [-0.2, -0.15) is 0 Å². The third-order valence-corrected chi connectivity index (χ3v) is 4.47. The lowest BCUT2D eigenvalue weighted by atomic mass is 10.1. The minimum absolute atomic E-state index is 0.207. The molecule has 5 nitrogen and oxygen atoms in total. The van der Waals surface area contributed by atoms with E-state index in [0.717, 1.165) is 12.1 Å². The van der Waals surface area contributed by atoms with Crippen LogP contribution in [0.1, 0.15) is 21.5 Å². The SMILES string of the molecule is NC(=O)Nc1ccc(C(=O)Nc2ccc3c(c2)-c2ccccc2C3)cc1. The summed E-state index contributed by atoms with van der Waals surface area (Å²) in [7, 11) is 0. The number of hydrogen-bond donors (Lipinski definition) is 3. The van der Waals surface area contributed by atoms with Gasteiger partial charge in [0.25, 0.3) is 5.91 Å². The van der Waals surface area contributed by atoms with Gasteiger partial charge in [-0.05, 0) is 65.1 Å². The van der Waals surface area contributed by atoms with Gasteiger partial charge in [0.2, 0.25) is 0 Å². The Morgan fingerprint density at radius 2 is 1.46 bits per heavy atom. The highest BCUT2D eigenvalue weighted by molar-refractivity contribution is 6.05. The number of primary amides is 1. The zero-order valence-electron chi connectivity index (χ0n) is 14.0. The summed E-state index contributed by atoms with van der Waals surface area (Å²) in [6.07, 6.45) is 0.925. The van der Waals surface area contributed by atoms with Crippen molar-refractivity contribution >= 4 is 23.3 Å². The van der Waals surface area contributed by atoms with Gasteiger partial charge in [-0.1, -0.05) is 30.3 Å². The van der Waals surface area contributed by atoms with Crippen LogP contribution >= 0.6 is 0 Å². The first-order chi connectivity index (χ1) is 12.6. The van der Waals surface area contributed by atoms with E-state index < -0.39 is 6.03 Å². The number of fused-ring (bicyclic) bond motifs is 3. The Kier molecular flexibility index (Phi) is 3.89. The summed E-state index contributed by atoms with van der Waals surface area (Å²) in [5.74, 6) is -0.207. The molecule has 0 heterocycles. The van der Waals surface area contributed by atoms with E-state index in [4.69, 9.17) is 5.73 Å². The van der Waals surface area contributed by atoms with Crippen LogP contribution in [0.2, 0.25) is 0 Å². The van der Waals surface area contributed by atoms with Gasteiger partial charge in [0, 0.05) is 16.9 Å². The Hall–Kier alpha value is -3.60. The molecule has 3 amide bonds. The minimum atomic E-state index is -0.638. The van der Waals surface area contributed by atoms with E-state index in [9.17, 15) is 9.59 Å².